The van der Waals surface area contributed by atoms with Crippen LogP contribution in [-0.2, 0) is 19.1 Å². The van der Waals surface area contributed by atoms with Gasteiger partial charge in [-0.25, -0.2) is 14.6 Å². The van der Waals surface area contributed by atoms with Gasteiger partial charge in [0.1, 0.15) is 17.0 Å². The molecule has 2 N–H and O–H groups in total. The van der Waals surface area contributed by atoms with Gasteiger partial charge in [-0.15, -0.1) is 0 Å². The lowest BCUT2D eigenvalue weighted by molar-refractivity contribution is -0.139. The third kappa shape index (κ3) is 4.47. The zero-order chi connectivity index (χ0) is 27.7. The molecule has 0 amide bonds. The Morgan fingerprint density at radius 2 is 1.72 bits per heavy atom. The molecule has 0 aliphatic carbocycles. The molecule has 39 heavy (non-hydrogen) atoms. The summed E-state index contributed by atoms with van der Waals surface area (Å²) in [4.78, 5) is 32.3. The van der Waals surface area contributed by atoms with Crippen molar-refractivity contribution < 1.29 is 23.5 Å². The number of carbonyl (C=O) groups is 2. The van der Waals surface area contributed by atoms with Crippen LogP contribution >= 0.6 is 11.6 Å². The van der Waals surface area contributed by atoms with E-state index in [-0.39, 0.29) is 22.7 Å². The fourth-order valence-corrected chi connectivity index (χ4v) is 4.68. The fraction of sp³-hybridized carbons (Fsp3) is 0.103. The lowest BCUT2D eigenvalue weighted by atomic mass is 9.81. The number of nitriles is 1. The van der Waals surface area contributed by atoms with Crippen molar-refractivity contribution in [3.63, 3.8) is 0 Å². The lowest BCUT2D eigenvalue weighted by Crippen LogP contribution is -2.40. The van der Waals surface area contributed by atoms with Crippen molar-refractivity contribution in [1.29, 1.82) is 5.26 Å². The molecule has 5 rings (SSSR count). The summed E-state index contributed by atoms with van der Waals surface area (Å²) in [6, 6.07) is 22.9. The third-order valence-corrected chi connectivity index (χ3v) is 6.58. The number of oxazole rings is 1. The third-order valence-electron chi connectivity index (χ3n) is 6.33. The smallest absolute Gasteiger partial charge is 0.355 e. The number of nitrogens with two attached hydrogens (primary N) is 1. The summed E-state index contributed by atoms with van der Waals surface area (Å²) >= 11 is 6.00. The number of esters is 2. The average molecular weight is 541 g/mol. The molecule has 1 unspecified atom stereocenters. The van der Waals surface area contributed by atoms with Gasteiger partial charge < -0.3 is 19.6 Å². The first-order valence-corrected chi connectivity index (χ1v) is 12.1. The van der Waals surface area contributed by atoms with E-state index >= 15 is 0 Å². The molecule has 0 bridgehead atoms. The molecule has 2 heterocycles. The molecule has 1 aliphatic heterocycles. The molecule has 0 spiro atoms. The van der Waals surface area contributed by atoms with Gasteiger partial charge in [0, 0.05) is 10.6 Å². The Balaban J connectivity index is 1.73. The summed E-state index contributed by atoms with van der Waals surface area (Å²) in [6.07, 6.45) is 0. The highest BCUT2D eigenvalue weighted by Gasteiger charge is 2.43. The largest absolute Gasteiger partial charge is 0.466 e. The van der Waals surface area contributed by atoms with Crippen molar-refractivity contribution in [2.45, 2.75) is 5.92 Å². The summed E-state index contributed by atoms with van der Waals surface area (Å²) < 4.78 is 16.0. The Morgan fingerprint density at radius 3 is 2.36 bits per heavy atom. The van der Waals surface area contributed by atoms with Crippen molar-refractivity contribution >= 4 is 40.3 Å². The first-order chi connectivity index (χ1) is 18.9. The maximum atomic E-state index is 13.2. The van der Waals surface area contributed by atoms with Crippen LogP contribution in [0.25, 0.3) is 22.6 Å². The molecule has 9 nitrogen and oxygen atoms in total. The van der Waals surface area contributed by atoms with Crippen LogP contribution in [0, 0.1) is 11.3 Å². The van der Waals surface area contributed by atoms with E-state index < -0.39 is 17.9 Å². The van der Waals surface area contributed by atoms with Crippen LogP contribution in [0.5, 0.6) is 0 Å². The van der Waals surface area contributed by atoms with Gasteiger partial charge in [-0.05, 0) is 48.0 Å². The van der Waals surface area contributed by atoms with Crippen LogP contribution in [0.1, 0.15) is 11.5 Å². The van der Waals surface area contributed by atoms with E-state index in [9.17, 15) is 14.9 Å². The molecule has 10 heteroatoms. The quantitative estimate of drug-likeness (QED) is 0.345. The Morgan fingerprint density at radius 1 is 1.03 bits per heavy atom. The van der Waals surface area contributed by atoms with Gasteiger partial charge in [0.25, 0.3) is 0 Å². The minimum absolute atomic E-state index is 0.0415. The Labute approximate surface area is 228 Å². The fourth-order valence-electron chi connectivity index (χ4n) is 4.55. The number of fused-ring (bicyclic) bond motifs is 1. The lowest BCUT2D eigenvalue weighted by Gasteiger charge is -2.35. The standard InChI is InChI=1S/C29H21ClN4O5/c1-37-28(35)24-23(16-6-4-3-5-7-16)20(15-31)26(32)34(25(24)29(36)38-2)19-12-13-22-21(14-19)33-27(39-22)17-8-10-18(30)11-9-17/h3-14,23H,32H2,1-2H3. The van der Waals surface area contributed by atoms with Crippen molar-refractivity contribution in [3.05, 3.63) is 106 Å². The second kappa shape index (κ2) is 10.4. The van der Waals surface area contributed by atoms with Gasteiger partial charge in [-0.1, -0.05) is 41.9 Å². The van der Waals surface area contributed by atoms with E-state index in [2.05, 4.69) is 11.1 Å². The molecule has 194 valence electrons. The summed E-state index contributed by atoms with van der Waals surface area (Å²) in [5, 5.41) is 10.8. The number of hydrogen-bond donors (Lipinski definition) is 1. The van der Waals surface area contributed by atoms with Crippen molar-refractivity contribution in [3.8, 4) is 17.5 Å². The molecule has 1 atom stereocenters. The molecular formula is C29H21ClN4O5. The van der Waals surface area contributed by atoms with E-state index in [4.69, 9.17) is 31.2 Å². The average Bonchev–Trinajstić information content (AvgIpc) is 3.40. The molecule has 0 fully saturated rings. The molecular weight excluding hydrogens is 520 g/mol. The van der Waals surface area contributed by atoms with E-state index in [1.807, 2.05) is 0 Å². The topological polar surface area (TPSA) is 132 Å². The number of allylic oxidation sites excluding steroid dienone is 1. The summed E-state index contributed by atoms with van der Waals surface area (Å²) in [5.74, 6) is -2.27. The predicted octanol–water partition coefficient (Wildman–Crippen LogP) is 5.05. The Hall–Kier alpha value is -5.07. The summed E-state index contributed by atoms with van der Waals surface area (Å²) in [7, 11) is 2.39. The van der Waals surface area contributed by atoms with Gasteiger partial charge >= 0.3 is 11.9 Å². The van der Waals surface area contributed by atoms with Gasteiger partial charge in [0.05, 0.1) is 43.0 Å². The number of aromatic nitrogens is 1. The number of hydrogen-bond acceptors (Lipinski definition) is 9. The summed E-state index contributed by atoms with van der Waals surface area (Å²) in [5.41, 5.74) is 8.97. The maximum Gasteiger partial charge on any atom is 0.355 e. The molecule has 1 aliphatic rings. The maximum absolute atomic E-state index is 13.2. The minimum atomic E-state index is -0.957. The number of nitrogens with zero attached hydrogens (tertiary/aromatic N) is 3. The van der Waals surface area contributed by atoms with Crippen molar-refractivity contribution in [2.75, 3.05) is 19.1 Å². The SMILES string of the molecule is COC(=O)C1=C(C(=O)OC)N(c2ccc3oc(-c4ccc(Cl)cc4)nc3c2)C(N)=C(C#N)C1c1ccccc1. The molecule has 0 saturated heterocycles. The highest BCUT2D eigenvalue weighted by Crippen LogP contribution is 2.43. The van der Waals surface area contributed by atoms with E-state index in [1.54, 1.807) is 72.8 Å². The van der Waals surface area contributed by atoms with Crippen LogP contribution in [0.3, 0.4) is 0 Å². The van der Waals surface area contributed by atoms with Crippen LogP contribution in [0.4, 0.5) is 5.69 Å². The second-order valence-electron chi connectivity index (χ2n) is 8.51. The number of anilines is 1. The molecule has 0 saturated carbocycles. The first-order valence-electron chi connectivity index (χ1n) is 11.7. The summed E-state index contributed by atoms with van der Waals surface area (Å²) in [6.45, 7) is 0. The molecule has 1 aromatic heterocycles. The number of carbonyl (C=O) groups excluding carboxylic acids is 2. The zero-order valence-corrected chi connectivity index (χ0v) is 21.6. The Kier molecular flexibility index (Phi) is 6.79. The van der Waals surface area contributed by atoms with E-state index in [0.717, 1.165) is 5.56 Å². The zero-order valence-electron chi connectivity index (χ0n) is 20.8. The first kappa shape index (κ1) is 25.6. The van der Waals surface area contributed by atoms with Crippen LogP contribution in [0.15, 0.2) is 99.9 Å². The van der Waals surface area contributed by atoms with Gasteiger partial charge in [-0.2, -0.15) is 5.26 Å². The predicted molar refractivity (Wildman–Crippen MR) is 144 cm³/mol. The number of benzene rings is 3. The second-order valence-corrected chi connectivity index (χ2v) is 8.95. The highest BCUT2D eigenvalue weighted by atomic mass is 35.5. The van der Waals surface area contributed by atoms with E-state index in [1.165, 1.54) is 19.1 Å². The molecule has 4 aromatic rings. The van der Waals surface area contributed by atoms with Crippen LogP contribution in [-0.4, -0.2) is 31.1 Å². The van der Waals surface area contributed by atoms with Gasteiger partial charge in [-0.3, -0.25) is 4.90 Å². The van der Waals surface area contributed by atoms with Crippen molar-refractivity contribution in [1.82, 2.24) is 4.98 Å². The van der Waals surface area contributed by atoms with E-state index in [0.29, 0.717) is 33.3 Å². The molecule has 3 aromatic carbocycles. The highest BCUT2D eigenvalue weighted by molar-refractivity contribution is 6.30. The van der Waals surface area contributed by atoms with Crippen LogP contribution in [0.2, 0.25) is 5.02 Å². The van der Waals surface area contributed by atoms with Gasteiger partial charge in [0.2, 0.25) is 5.89 Å². The molecule has 0 radical (unpaired) electrons. The number of halogens is 1. The number of rotatable bonds is 5. The monoisotopic (exact) mass is 540 g/mol. The number of ether oxygens (including phenoxy) is 2. The van der Waals surface area contributed by atoms with Crippen LogP contribution < -0.4 is 10.6 Å². The number of methoxy groups -OCH3 is 2. The minimum Gasteiger partial charge on any atom is -0.466 e. The van der Waals surface area contributed by atoms with Gasteiger partial charge in [0.15, 0.2) is 5.58 Å². The Bertz CT molecular complexity index is 1700. The van der Waals surface area contributed by atoms with Crippen molar-refractivity contribution in [2.24, 2.45) is 5.73 Å². The normalized spacial score (nSPS) is 15.3.